The molecule has 0 saturated carbocycles. The maximum Gasteiger partial charge on any atom is 0.264 e. The number of hydrogen-bond acceptors (Lipinski definition) is 5. The summed E-state index contributed by atoms with van der Waals surface area (Å²) in [4.78, 5) is 12.9. The van der Waals surface area contributed by atoms with Gasteiger partial charge in [-0.2, -0.15) is 5.10 Å². The fourth-order valence-electron chi connectivity index (χ4n) is 3.60. The Hall–Kier alpha value is -3.85. The zero-order valence-electron chi connectivity index (χ0n) is 20.9. The quantitative estimate of drug-likeness (QED) is 0.178. The number of ether oxygens (including phenoxy) is 1. The standard InChI is InChI=1S/C29H25Cl2N3O4S/c1-21-15-16-24(17-27(21)31)34(39(36,37)25-11-3-2-4-12-25)19-29(35)33-32-18-22-9-6-8-14-28(22)38-20-23-10-5-7-13-26(23)30/h2-18H,19-20H2,1H3,(H,33,35)/b32-18+. The second kappa shape index (κ2) is 12.8. The van der Waals surface area contributed by atoms with E-state index in [4.69, 9.17) is 27.9 Å². The van der Waals surface area contributed by atoms with Gasteiger partial charge in [0.2, 0.25) is 0 Å². The minimum atomic E-state index is -4.07. The number of benzene rings is 4. The highest BCUT2D eigenvalue weighted by atomic mass is 35.5. The second-order valence-corrected chi connectivity index (χ2v) is 11.1. The molecule has 0 unspecified atom stereocenters. The summed E-state index contributed by atoms with van der Waals surface area (Å²) < 4.78 is 33.8. The van der Waals surface area contributed by atoms with Gasteiger partial charge in [-0.3, -0.25) is 9.10 Å². The molecule has 4 aromatic carbocycles. The number of nitrogens with zero attached hydrogens (tertiary/aromatic N) is 2. The maximum atomic E-state index is 13.5. The van der Waals surface area contributed by atoms with Crippen LogP contribution < -0.4 is 14.5 Å². The second-order valence-electron chi connectivity index (χ2n) is 8.47. The van der Waals surface area contributed by atoms with Gasteiger partial charge in [-0.1, -0.05) is 77.8 Å². The van der Waals surface area contributed by atoms with Crippen molar-refractivity contribution >= 4 is 51.0 Å². The van der Waals surface area contributed by atoms with Crippen molar-refractivity contribution in [3.05, 3.63) is 124 Å². The Morgan fingerprint density at radius 2 is 1.62 bits per heavy atom. The van der Waals surface area contributed by atoms with Gasteiger partial charge in [-0.15, -0.1) is 0 Å². The number of aryl methyl sites for hydroxylation is 1. The lowest BCUT2D eigenvalue weighted by atomic mass is 10.2. The Morgan fingerprint density at radius 3 is 2.36 bits per heavy atom. The van der Waals surface area contributed by atoms with E-state index < -0.39 is 22.5 Å². The van der Waals surface area contributed by atoms with E-state index >= 15 is 0 Å². The minimum absolute atomic E-state index is 0.0441. The van der Waals surface area contributed by atoms with Gasteiger partial charge in [-0.25, -0.2) is 13.8 Å². The van der Waals surface area contributed by atoms with Crippen LogP contribution in [0.2, 0.25) is 10.0 Å². The van der Waals surface area contributed by atoms with Gasteiger partial charge in [-0.05, 0) is 55.0 Å². The Bertz CT molecular complexity index is 1600. The van der Waals surface area contributed by atoms with Crippen LogP contribution in [0.25, 0.3) is 0 Å². The van der Waals surface area contributed by atoms with Crippen LogP contribution in [-0.4, -0.2) is 27.1 Å². The summed E-state index contributed by atoms with van der Waals surface area (Å²) >= 11 is 12.5. The van der Waals surface area contributed by atoms with E-state index in [1.807, 2.05) is 24.3 Å². The number of sulfonamides is 1. The zero-order valence-corrected chi connectivity index (χ0v) is 23.2. The number of carbonyl (C=O) groups is 1. The summed E-state index contributed by atoms with van der Waals surface area (Å²) in [5, 5.41) is 5.01. The van der Waals surface area contributed by atoms with E-state index in [9.17, 15) is 13.2 Å². The first-order valence-electron chi connectivity index (χ1n) is 11.9. The van der Waals surface area contributed by atoms with Crippen LogP contribution in [0.3, 0.4) is 0 Å². The molecule has 0 saturated heterocycles. The van der Waals surface area contributed by atoms with Crippen LogP contribution in [0, 0.1) is 6.92 Å². The normalized spacial score (nSPS) is 11.4. The SMILES string of the molecule is Cc1ccc(N(CC(=O)N/N=C/c2ccccc2OCc2ccccc2Cl)S(=O)(=O)c2ccccc2)cc1Cl. The predicted molar refractivity (Wildman–Crippen MR) is 155 cm³/mol. The molecule has 0 spiro atoms. The Morgan fingerprint density at radius 1 is 0.923 bits per heavy atom. The molecule has 0 aliphatic carbocycles. The molecular formula is C29H25Cl2N3O4S. The number of rotatable bonds is 10. The van der Waals surface area contributed by atoms with Gasteiger partial charge in [0.15, 0.2) is 0 Å². The summed E-state index contributed by atoms with van der Waals surface area (Å²) in [5.41, 5.74) is 4.89. The fourth-order valence-corrected chi connectivity index (χ4v) is 5.40. The van der Waals surface area contributed by atoms with Crippen molar-refractivity contribution in [2.24, 2.45) is 5.10 Å². The highest BCUT2D eigenvalue weighted by Gasteiger charge is 2.27. The Kier molecular flexibility index (Phi) is 9.24. The number of halogens is 2. The molecule has 0 radical (unpaired) electrons. The van der Waals surface area contributed by atoms with Crippen molar-refractivity contribution in [2.45, 2.75) is 18.4 Å². The lowest BCUT2D eigenvalue weighted by Crippen LogP contribution is -2.39. The predicted octanol–water partition coefficient (Wildman–Crippen LogP) is 6.23. The Balaban J connectivity index is 1.50. The monoisotopic (exact) mass is 581 g/mol. The number of hydrogen-bond donors (Lipinski definition) is 1. The van der Waals surface area contributed by atoms with Gasteiger partial charge >= 0.3 is 0 Å². The van der Waals surface area contributed by atoms with Crippen molar-refractivity contribution in [1.29, 1.82) is 0 Å². The molecule has 0 atom stereocenters. The first kappa shape index (κ1) is 28.2. The van der Waals surface area contributed by atoms with E-state index in [-0.39, 0.29) is 17.2 Å². The maximum absolute atomic E-state index is 13.5. The van der Waals surface area contributed by atoms with Gasteiger partial charge in [0.25, 0.3) is 15.9 Å². The van der Waals surface area contributed by atoms with Gasteiger partial charge in [0, 0.05) is 21.2 Å². The molecule has 200 valence electrons. The lowest BCUT2D eigenvalue weighted by Gasteiger charge is -2.24. The van der Waals surface area contributed by atoms with Crippen LogP contribution in [0.5, 0.6) is 5.75 Å². The van der Waals surface area contributed by atoms with Crippen LogP contribution in [0.4, 0.5) is 5.69 Å². The summed E-state index contributed by atoms with van der Waals surface area (Å²) in [6, 6.07) is 27.2. The fraction of sp³-hybridized carbons (Fsp3) is 0.103. The molecule has 0 fully saturated rings. The van der Waals surface area contributed by atoms with Crippen LogP contribution >= 0.6 is 23.2 Å². The lowest BCUT2D eigenvalue weighted by molar-refractivity contribution is -0.119. The van der Waals surface area contributed by atoms with E-state index in [0.717, 1.165) is 15.4 Å². The number of amides is 1. The first-order valence-corrected chi connectivity index (χ1v) is 14.1. The highest BCUT2D eigenvalue weighted by Crippen LogP contribution is 2.28. The molecule has 7 nitrogen and oxygen atoms in total. The third kappa shape index (κ3) is 7.17. The Labute approximate surface area is 237 Å². The van der Waals surface area contributed by atoms with Crippen molar-refractivity contribution in [2.75, 3.05) is 10.8 Å². The van der Waals surface area contributed by atoms with Gasteiger partial charge < -0.3 is 4.74 Å². The smallest absolute Gasteiger partial charge is 0.264 e. The summed E-state index contributed by atoms with van der Waals surface area (Å²) in [5.74, 6) is -0.102. The molecule has 0 aliphatic heterocycles. The number of anilines is 1. The topological polar surface area (TPSA) is 88.1 Å². The third-order valence-electron chi connectivity index (χ3n) is 5.71. The zero-order chi connectivity index (χ0) is 27.8. The highest BCUT2D eigenvalue weighted by molar-refractivity contribution is 7.92. The average Bonchev–Trinajstić information content (AvgIpc) is 2.94. The van der Waals surface area contributed by atoms with Crippen LogP contribution in [0.1, 0.15) is 16.7 Å². The summed E-state index contributed by atoms with van der Waals surface area (Å²) in [7, 11) is -4.07. The van der Waals surface area contributed by atoms with Gasteiger partial charge in [0.1, 0.15) is 18.9 Å². The molecule has 4 aromatic rings. The van der Waals surface area contributed by atoms with Gasteiger partial charge in [0.05, 0.1) is 16.8 Å². The molecule has 1 N–H and O–H groups in total. The molecular weight excluding hydrogens is 557 g/mol. The number of carbonyl (C=O) groups excluding carboxylic acids is 1. The van der Waals surface area contributed by atoms with Crippen molar-refractivity contribution in [3.8, 4) is 5.75 Å². The van der Waals surface area contributed by atoms with E-state index in [0.29, 0.717) is 21.4 Å². The molecule has 39 heavy (non-hydrogen) atoms. The molecule has 0 heterocycles. The van der Waals surface area contributed by atoms with E-state index in [1.165, 1.54) is 24.4 Å². The number of nitrogens with one attached hydrogen (secondary N) is 1. The number of hydrazone groups is 1. The van der Waals surface area contributed by atoms with Crippen LogP contribution in [-0.2, 0) is 21.4 Å². The van der Waals surface area contributed by atoms with Crippen molar-refractivity contribution < 1.29 is 17.9 Å². The number of para-hydroxylation sites is 1. The summed E-state index contributed by atoms with van der Waals surface area (Å²) in [6.45, 7) is 1.54. The third-order valence-corrected chi connectivity index (χ3v) is 8.28. The van der Waals surface area contributed by atoms with E-state index in [1.54, 1.807) is 61.5 Å². The van der Waals surface area contributed by atoms with Crippen molar-refractivity contribution in [3.63, 3.8) is 0 Å². The van der Waals surface area contributed by atoms with Crippen molar-refractivity contribution in [1.82, 2.24) is 5.43 Å². The summed E-state index contributed by atoms with van der Waals surface area (Å²) in [6.07, 6.45) is 1.43. The molecule has 0 aromatic heterocycles. The largest absolute Gasteiger partial charge is 0.488 e. The van der Waals surface area contributed by atoms with Crippen LogP contribution in [0.15, 0.2) is 107 Å². The molecule has 0 bridgehead atoms. The van der Waals surface area contributed by atoms with E-state index in [2.05, 4.69) is 10.5 Å². The molecule has 10 heteroatoms. The minimum Gasteiger partial charge on any atom is -0.488 e. The average molecular weight is 583 g/mol. The molecule has 0 aliphatic rings. The first-order chi connectivity index (χ1) is 18.8. The molecule has 1 amide bonds. The molecule has 4 rings (SSSR count).